The Balaban J connectivity index is 2.19. The third-order valence-electron chi connectivity index (χ3n) is 3.57. The van der Waals surface area contributed by atoms with Crippen LogP contribution in [0.4, 0.5) is 0 Å². The van der Waals surface area contributed by atoms with Crippen molar-refractivity contribution in [2.24, 2.45) is 0 Å². The molecule has 0 unspecified atom stereocenters. The largest absolute Gasteiger partial charge is 0.355 e. The Bertz CT molecular complexity index is 575. The Hall–Kier alpha value is -1.91. The minimum absolute atomic E-state index is 0.000991. The normalized spacial score (nSPS) is 13.9. The number of fused-ring (bicyclic) bond motifs is 1. The van der Waals surface area contributed by atoms with Crippen LogP contribution in [0.15, 0.2) is 16.9 Å². The van der Waals surface area contributed by atoms with E-state index in [4.69, 9.17) is 0 Å². The smallest absolute Gasteiger partial charge is 0.251 e. The first-order chi connectivity index (χ1) is 9.63. The first kappa shape index (κ1) is 14.5. The van der Waals surface area contributed by atoms with Gasteiger partial charge in [0.15, 0.2) is 5.78 Å². The van der Waals surface area contributed by atoms with E-state index in [2.05, 4.69) is 12.2 Å². The van der Waals surface area contributed by atoms with Gasteiger partial charge in [-0.2, -0.15) is 0 Å². The van der Waals surface area contributed by atoms with E-state index in [-0.39, 0.29) is 23.8 Å². The Kier molecular flexibility index (Phi) is 4.71. The summed E-state index contributed by atoms with van der Waals surface area (Å²) in [6.45, 7) is 2.67. The van der Waals surface area contributed by atoms with Gasteiger partial charge in [0.25, 0.3) is 5.56 Å². The van der Waals surface area contributed by atoms with Crippen molar-refractivity contribution in [2.45, 2.75) is 45.6 Å². The molecule has 1 aliphatic rings. The number of nitrogens with one attached hydrogen (secondary N) is 1. The van der Waals surface area contributed by atoms with Gasteiger partial charge in [-0.15, -0.1) is 0 Å². The minimum Gasteiger partial charge on any atom is -0.355 e. The summed E-state index contributed by atoms with van der Waals surface area (Å²) in [5.41, 5.74) is 1.08. The summed E-state index contributed by atoms with van der Waals surface area (Å²) in [6, 6.07) is 2.96. The molecule has 1 aliphatic carbocycles. The molecule has 2 rings (SSSR count). The molecule has 20 heavy (non-hydrogen) atoms. The van der Waals surface area contributed by atoms with Gasteiger partial charge < -0.3 is 9.88 Å². The summed E-state index contributed by atoms with van der Waals surface area (Å²) in [5, 5.41) is 2.79. The monoisotopic (exact) mass is 276 g/mol. The summed E-state index contributed by atoms with van der Waals surface area (Å²) in [4.78, 5) is 35.6. The van der Waals surface area contributed by atoms with Gasteiger partial charge in [-0.05, 0) is 25.3 Å². The van der Waals surface area contributed by atoms with Crippen LogP contribution in [0.2, 0.25) is 0 Å². The van der Waals surface area contributed by atoms with Gasteiger partial charge in [0.05, 0.1) is 0 Å². The summed E-state index contributed by atoms with van der Waals surface area (Å²) in [7, 11) is 0. The van der Waals surface area contributed by atoms with Crippen LogP contribution in [0.3, 0.4) is 0 Å². The number of carbonyl (C=O) groups is 2. The van der Waals surface area contributed by atoms with Crippen molar-refractivity contribution in [3.63, 3.8) is 0 Å². The molecule has 0 saturated heterocycles. The van der Waals surface area contributed by atoms with Crippen LogP contribution in [-0.2, 0) is 17.8 Å². The number of ketones is 1. The van der Waals surface area contributed by atoms with E-state index in [1.165, 1.54) is 10.6 Å². The Morgan fingerprint density at radius 1 is 1.30 bits per heavy atom. The molecule has 0 aliphatic heterocycles. The summed E-state index contributed by atoms with van der Waals surface area (Å²) in [6.07, 6.45) is 3.88. The van der Waals surface area contributed by atoms with Gasteiger partial charge in [-0.1, -0.05) is 13.3 Å². The molecular weight excluding hydrogens is 256 g/mol. The predicted molar refractivity (Wildman–Crippen MR) is 75.9 cm³/mol. The van der Waals surface area contributed by atoms with Gasteiger partial charge in [0.2, 0.25) is 5.91 Å². The van der Waals surface area contributed by atoms with Crippen molar-refractivity contribution in [3.8, 4) is 0 Å². The number of hydrogen-bond acceptors (Lipinski definition) is 3. The van der Waals surface area contributed by atoms with Crippen molar-refractivity contribution in [1.82, 2.24) is 9.88 Å². The zero-order valence-electron chi connectivity index (χ0n) is 11.8. The van der Waals surface area contributed by atoms with Crippen molar-refractivity contribution < 1.29 is 9.59 Å². The lowest BCUT2D eigenvalue weighted by Gasteiger charge is -2.19. The SMILES string of the molecule is CCCCNC(=O)Cn1c2c(ccc1=O)C(=O)CCC2. The van der Waals surface area contributed by atoms with Gasteiger partial charge in [-0.25, -0.2) is 0 Å². The van der Waals surface area contributed by atoms with E-state index in [0.29, 0.717) is 30.6 Å². The van der Waals surface area contributed by atoms with Crippen LogP contribution in [0, 0.1) is 0 Å². The van der Waals surface area contributed by atoms with E-state index in [1.54, 1.807) is 6.07 Å². The second-order valence-electron chi connectivity index (χ2n) is 5.10. The maximum atomic E-state index is 11.9. The molecule has 5 nitrogen and oxygen atoms in total. The molecule has 0 radical (unpaired) electrons. The fraction of sp³-hybridized carbons (Fsp3) is 0.533. The van der Waals surface area contributed by atoms with Gasteiger partial charge in [-0.3, -0.25) is 14.4 Å². The second kappa shape index (κ2) is 6.50. The quantitative estimate of drug-likeness (QED) is 0.824. The molecule has 5 heteroatoms. The zero-order chi connectivity index (χ0) is 14.5. The molecule has 108 valence electrons. The number of carbonyl (C=O) groups excluding carboxylic acids is 2. The van der Waals surface area contributed by atoms with E-state index in [9.17, 15) is 14.4 Å². The molecule has 1 amide bonds. The number of rotatable bonds is 5. The lowest BCUT2D eigenvalue weighted by Crippen LogP contribution is -2.35. The molecular formula is C15H20N2O3. The number of aromatic nitrogens is 1. The minimum atomic E-state index is -0.218. The van der Waals surface area contributed by atoms with Crippen LogP contribution >= 0.6 is 0 Å². The third-order valence-corrected chi connectivity index (χ3v) is 3.57. The average molecular weight is 276 g/mol. The molecule has 0 saturated carbocycles. The maximum absolute atomic E-state index is 11.9. The van der Waals surface area contributed by atoms with Crippen molar-refractivity contribution in [1.29, 1.82) is 0 Å². The topological polar surface area (TPSA) is 68.2 Å². The Morgan fingerprint density at radius 2 is 2.10 bits per heavy atom. The van der Waals surface area contributed by atoms with Crippen LogP contribution in [0.1, 0.15) is 48.7 Å². The standard InChI is InChI=1S/C15H20N2O3/c1-2-3-9-16-14(19)10-17-12-5-4-6-13(18)11(12)7-8-15(17)20/h7-8H,2-6,9-10H2,1H3,(H,16,19). The van der Waals surface area contributed by atoms with E-state index in [1.807, 2.05) is 0 Å². The zero-order valence-corrected chi connectivity index (χ0v) is 11.8. The lowest BCUT2D eigenvalue weighted by atomic mass is 9.94. The van der Waals surface area contributed by atoms with Crippen LogP contribution in [-0.4, -0.2) is 22.8 Å². The molecule has 1 N–H and O–H groups in total. The lowest BCUT2D eigenvalue weighted by molar-refractivity contribution is -0.121. The number of amides is 1. The first-order valence-corrected chi connectivity index (χ1v) is 7.16. The van der Waals surface area contributed by atoms with Gasteiger partial charge >= 0.3 is 0 Å². The van der Waals surface area contributed by atoms with E-state index >= 15 is 0 Å². The number of Topliss-reactive ketones (excluding diaryl/α,β-unsaturated/α-hetero) is 1. The number of pyridine rings is 1. The van der Waals surface area contributed by atoms with Crippen LogP contribution in [0.5, 0.6) is 0 Å². The first-order valence-electron chi connectivity index (χ1n) is 7.16. The molecule has 1 aromatic rings. The van der Waals surface area contributed by atoms with Gasteiger partial charge in [0.1, 0.15) is 6.54 Å². The highest BCUT2D eigenvalue weighted by Gasteiger charge is 2.21. The van der Waals surface area contributed by atoms with E-state index < -0.39 is 0 Å². The number of nitrogens with zero attached hydrogens (tertiary/aromatic N) is 1. The average Bonchev–Trinajstić information content (AvgIpc) is 2.43. The summed E-state index contributed by atoms with van der Waals surface area (Å²) in [5.74, 6) is -0.113. The number of unbranched alkanes of at least 4 members (excludes halogenated alkanes) is 1. The Labute approximate surface area is 118 Å². The molecule has 0 atom stereocenters. The van der Waals surface area contributed by atoms with Crippen molar-refractivity contribution in [2.75, 3.05) is 6.54 Å². The molecule has 1 heterocycles. The molecule has 0 fully saturated rings. The van der Waals surface area contributed by atoms with Crippen molar-refractivity contribution in [3.05, 3.63) is 33.7 Å². The number of hydrogen-bond donors (Lipinski definition) is 1. The summed E-state index contributed by atoms with van der Waals surface area (Å²) >= 11 is 0. The fourth-order valence-electron chi connectivity index (χ4n) is 2.47. The van der Waals surface area contributed by atoms with Gasteiger partial charge in [0, 0.05) is 30.3 Å². The highest BCUT2D eigenvalue weighted by atomic mass is 16.2. The second-order valence-corrected chi connectivity index (χ2v) is 5.10. The summed E-state index contributed by atoms with van der Waals surface area (Å²) < 4.78 is 1.44. The highest BCUT2D eigenvalue weighted by Crippen LogP contribution is 2.19. The Morgan fingerprint density at radius 3 is 2.85 bits per heavy atom. The molecule has 0 spiro atoms. The maximum Gasteiger partial charge on any atom is 0.251 e. The molecule has 1 aromatic heterocycles. The van der Waals surface area contributed by atoms with Crippen molar-refractivity contribution >= 4 is 11.7 Å². The third kappa shape index (κ3) is 3.15. The fourth-order valence-corrected chi connectivity index (χ4v) is 2.47. The molecule has 0 bridgehead atoms. The van der Waals surface area contributed by atoms with Crippen LogP contribution in [0.25, 0.3) is 0 Å². The van der Waals surface area contributed by atoms with E-state index in [0.717, 1.165) is 19.3 Å². The highest BCUT2D eigenvalue weighted by molar-refractivity contribution is 5.98. The predicted octanol–water partition coefficient (Wildman–Crippen LogP) is 1.28. The van der Waals surface area contributed by atoms with Crippen LogP contribution < -0.4 is 10.9 Å². The molecule has 0 aromatic carbocycles.